The van der Waals surface area contributed by atoms with Crippen LogP contribution >= 0.6 is 0 Å². The lowest BCUT2D eigenvalue weighted by atomic mass is 9.91. The number of nitrogens with zero attached hydrogens (tertiary/aromatic N) is 9. The Balaban J connectivity index is 0.000000175. The Hall–Kier alpha value is -7.49. The summed E-state index contributed by atoms with van der Waals surface area (Å²) in [6.45, 7) is 8.02. The van der Waals surface area contributed by atoms with E-state index in [4.69, 9.17) is 9.47 Å². The summed E-state index contributed by atoms with van der Waals surface area (Å²) in [6, 6.07) is 22.1. The fourth-order valence-corrected chi connectivity index (χ4v) is 13.0. The maximum atomic E-state index is 13.5. The molecule has 2 fully saturated rings. The summed E-state index contributed by atoms with van der Waals surface area (Å²) in [5, 5.41) is 21.1. The van der Waals surface area contributed by atoms with Gasteiger partial charge in [-0.15, -0.1) is 0 Å². The van der Waals surface area contributed by atoms with Crippen LogP contribution in [0.15, 0.2) is 132 Å². The molecule has 0 bridgehead atoms. The molecule has 2 aliphatic carbocycles. The first-order chi connectivity index (χ1) is 34.5. The number of carbonyl (C=O) groups excluding carboxylic acids is 1. The molecule has 0 radical (unpaired) electrons. The number of aryl methyl sites for hydroxylation is 2. The van der Waals surface area contributed by atoms with Crippen molar-refractivity contribution >= 4 is 65.5 Å². The quantitative estimate of drug-likeness (QED) is 0.0550. The topological polar surface area (TPSA) is 237 Å². The maximum Gasteiger partial charge on any atom is 0.514 e. The number of hydrogen-bond donors (Lipinski definition) is 1. The van der Waals surface area contributed by atoms with E-state index in [1.807, 2.05) is 28.8 Å². The molecule has 21 heteroatoms. The van der Waals surface area contributed by atoms with Crippen molar-refractivity contribution in [2.24, 2.45) is 11.8 Å². The van der Waals surface area contributed by atoms with Gasteiger partial charge in [-0.2, -0.15) is 0 Å². The van der Waals surface area contributed by atoms with Crippen molar-refractivity contribution < 1.29 is 41.1 Å². The minimum atomic E-state index is -3.88. The van der Waals surface area contributed by atoms with E-state index in [0.717, 1.165) is 41.8 Å². The second kappa shape index (κ2) is 18.9. The summed E-state index contributed by atoms with van der Waals surface area (Å²) in [4.78, 5) is 41.2. The Bertz CT molecular complexity index is 3740. The first-order valence-corrected chi connectivity index (χ1v) is 26.6. The van der Waals surface area contributed by atoms with Gasteiger partial charge in [-0.05, 0) is 99.9 Å². The van der Waals surface area contributed by atoms with Crippen molar-refractivity contribution in [3.8, 4) is 5.75 Å². The highest BCUT2D eigenvalue weighted by Gasteiger charge is 2.39. The Morgan fingerprint density at radius 2 is 1.12 bits per heavy atom. The Morgan fingerprint density at radius 1 is 0.653 bits per heavy atom. The Kier molecular flexibility index (Phi) is 12.7. The lowest BCUT2D eigenvalue weighted by Crippen LogP contribution is -2.18. The molecule has 2 aliphatic rings. The van der Waals surface area contributed by atoms with Gasteiger partial charge in [0.15, 0.2) is 22.6 Å². The monoisotopic (exact) mass is 1010 g/mol. The number of ether oxygens (including phenoxy) is 2. The van der Waals surface area contributed by atoms with Gasteiger partial charge in [-0.25, -0.2) is 49.5 Å². The van der Waals surface area contributed by atoms with Crippen molar-refractivity contribution in [2.45, 2.75) is 100 Å². The minimum Gasteiger partial charge on any atom is -0.431 e. The molecule has 6 unspecified atom stereocenters. The highest BCUT2D eigenvalue weighted by Crippen LogP contribution is 2.44. The molecule has 0 saturated heterocycles. The van der Waals surface area contributed by atoms with E-state index < -0.39 is 37.2 Å². The van der Waals surface area contributed by atoms with Crippen LogP contribution in [0.4, 0.5) is 10.5 Å². The zero-order valence-corrected chi connectivity index (χ0v) is 41.3. The predicted molar refractivity (Wildman–Crippen MR) is 266 cm³/mol. The Labute approximate surface area is 414 Å². The van der Waals surface area contributed by atoms with Crippen molar-refractivity contribution in [3.05, 3.63) is 155 Å². The van der Waals surface area contributed by atoms with E-state index in [-0.39, 0.29) is 50.7 Å². The van der Waals surface area contributed by atoms with Crippen LogP contribution in [0.1, 0.15) is 86.7 Å². The van der Waals surface area contributed by atoms with Crippen molar-refractivity contribution in [1.29, 1.82) is 0 Å². The number of fused-ring (bicyclic) bond motifs is 6. The second-order valence-corrected chi connectivity index (χ2v) is 22.2. The first-order valence-electron chi connectivity index (χ1n) is 23.7. The lowest BCUT2D eigenvalue weighted by molar-refractivity contribution is -0.384. The van der Waals surface area contributed by atoms with Crippen molar-refractivity contribution in [1.82, 2.24) is 36.7 Å². The van der Waals surface area contributed by atoms with Crippen LogP contribution in [-0.4, -0.2) is 81.9 Å². The third-order valence-electron chi connectivity index (χ3n) is 14.1. The first kappa shape index (κ1) is 48.2. The average molecular weight is 1010 g/mol. The highest BCUT2D eigenvalue weighted by atomic mass is 32.2. The molecule has 6 heterocycles. The number of aromatic nitrogens is 8. The van der Waals surface area contributed by atoms with Gasteiger partial charge < -0.3 is 14.6 Å². The van der Waals surface area contributed by atoms with Gasteiger partial charge in [0.1, 0.15) is 11.9 Å². The molecule has 0 aliphatic heterocycles. The number of imidazole rings is 2. The molecule has 9 aromatic rings. The molecule has 72 heavy (non-hydrogen) atoms. The number of nitro benzene ring substituents is 1. The maximum absolute atomic E-state index is 13.5. The number of carbonyl (C=O) groups is 1. The molecule has 0 amide bonds. The third-order valence-corrected chi connectivity index (χ3v) is 17.5. The van der Waals surface area contributed by atoms with Crippen LogP contribution in [0.25, 0.3) is 33.6 Å². The summed E-state index contributed by atoms with van der Waals surface area (Å²) >= 11 is 0. The zero-order chi connectivity index (χ0) is 50.6. The molecule has 11 rings (SSSR count). The van der Waals surface area contributed by atoms with Crippen LogP contribution in [0.2, 0.25) is 0 Å². The van der Waals surface area contributed by atoms with Gasteiger partial charge in [-0.3, -0.25) is 18.9 Å². The average Bonchev–Trinajstić information content (AvgIpc) is 4.23. The normalized spacial score (nSPS) is 20.3. The number of rotatable bonds is 11. The summed E-state index contributed by atoms with van der Waals surface area (Å²) in [5.74, 6) is 0.853. The van der Waals surface area contributed by atoms with E-state index in [0.29, 0.717) is 53.2 Å². The lowest BCUT2D eigenvalue weighted by Gasteiger charge is -2.17. The standard InChI is InChI=1S/C29H27N5O7S.C22H24N4O3S/c1-3-19-14-22(41-29(35)40-21-8-6-20(7-9-21)34(36)37)15-24(19)26-16-30-27-17-31-28-25(33(26)27)12-13-32(28)42(38,39)23-10-4-18(2)5-11-23;1-3-15-10-16(27)11-18(15)20-12-23-21-13-24-22-19(26(20)21)8-9-25(22)30(28,29)17-6-4-14(2)5-7-17/h4-13,16-17,19,22,24H,3,14-15H2,1-2H3;4-9,12-13,15-16,18,27H,3,10-11H2,1-2H3. The van der Waals surface area contributed by atoms with Gasteiger partial charge >= 0.3 is 6.16 Å². The number of aliphatic hydroxyl groups is 1. The van der Waals surface area contributed by atoms with E-state index >= 15 is 0 Å². The van der Waals surface area contributed by atoms with Gasteiger partial charge in [0.25, 0.3) is 25.7 Å². The smallest absolute Gasteiger partial charge is 0.431 e. The zero-order valence-electron chi connectivity index (χ0n) is 39.7. The van der Waals surface area contributed by atoms with Crippen LogP contribution in [0.3, 0.4) is 0 Å². The van der Waals surface area contributed by atoms with Crippen LogP contribution in [0.5, 0.6) is 5.75 Å². The van der Waals surface area contributed by atoms with Crippen molar-refractivity contribution in [3.63, 3.8) is 0 Å². The largest absolute Gasteiger partial charge is 0.514 e. The molecular weight excluding hydrogens is 963 g/mol. The SMILES string of the molecule is CCC1CC(O)CC1c1cnc2cnc3c(ccn3S(=O)(=O)c3ccc(C)cc3)n12.CCC1CC(OC(=O)Oc2ccc([N+](=O)[O-])cc2)CC1c1cnc2cnc3c(ccn3S(=O)(=O)c3ccc(C)cc3)n12. The molecule has 19 nitrogen and oxygen atoms in total. The molecular formula is C51H51N9O10S2. The van der Waals surface area contributed by atoms with Gasteiger partial charge in [0.2, 0.25) is 0 Å². The molecule has 0 spiro atoms. The van der Waals surface area contributed by atoms with Crippen LogP contribution in [-0.2, 0) is 24.8 Å². The summed E-state index contributed by atoms with van der Waals surface area (Å²) in [7, 11) is -7.64. The second-order valence-electron chi connectivity index (χ2n) is 18.5. The molecule has 6 atom stereocenters. The number of non-ortho nitro benzene ring substituents is 1. The van der Waals surface area contributed by atoms with Crippen LogP contribution in [0, 0.1) is 35.8 Å². The van der Waals surface area contributed by atoms with Crippen molar-refractivity contribution in [2.75, 3.05) is 0 Å². The number of benzene rings is 3. The van der Waals surface area contributed by atoms with E-state index in [1.54, 1.807) is 85.5 Å². The van der Waals surface area contributed by atoms with Gasteiger partial charge in [-0.1, -0.05) is 62.1 Å². The minimum absolute atomic E-state index is 0.0233. The number of hydrogen-bond acceptors (Lipinski definition) is 14. The van der Waals surface area contributed by atoms with Crippen LogP contribution < -0.4 is 4.74 Å². The fraction of sp³-hybridized carbons (Fsp3) is 0.314. The number of aliphatic hydroxyl groups excluding tert-OH is 1. The molecule has 6 aromatic heterocycles. The summed E-state index contributed by atoms with van der Waals surface area (Å²) in [6.07, 6.45) is 12.6. The van der Waals surface area contributed by atoms with Gasteiger partial charge in [0, 0.05) is 60.1 Å². The molecule has 372 valence electrons. The molecule has 1 N–H and O–H groups in total. The predicted octanol–water partition coefficient (Wildman–Crippen LogP) is 9.12. The third kappa shape index (κ3) is 8.74. The van der Waals surface area contributed by atoms with Gasteiger partial charge in [0.05, 0.1) is 44.2 Å². The summed E-state index contributed by atoms with van der Waals surface area (Å²) < 4.78 is 70.6. The summed E-state index contributed by atoms with van der Waals surface area (Å²) in [5.41, 5.74) is 6.95. The highest BCUT2D eigenvalue weighted by molar-refractivity contribution is 7.90. The number of nitro groups is 1. The molecule has 2 saturated carbocycles. The molecule has 3 aromatic carbocycles. The Morgan fingerprint density at radius 3 is 1.60 bits per heavy atom. The van der Waals surface area contributed by atoms with E-state index in [2.05, 4.69) is 33.8 Å². The van der Waals surface area contributed by atoms with E-state index in [1.165, 1.54) is 38.4 Å². The van der Waals surface area contributed by atoms with E-state index in [9.17, 15) is 36.9 Å². The fourth-order valence-electron chi connectivity index (χ4n) is 10.4.